The van der Waals surface area contributed by atoms with Gasteiger partial charge in [0.1, 0.15) is 5.69 Å². The molecule has 1 fully saturated rings. The van der Waals surface area contributed by atoms with E-state index < -0.39 is 0 Å². The summed E-state index contributed by atoms with van der Waals surface area (Å²) >= 11 is 1.20. The van der Waals surface area contributed by atoms with Gasteiger partial charge in [0.05, 0.1) is 28.0 Å². The first-order valence-corrected chi connectivity index (χ1v) is 12.7. The molecule has 1 aliphatic heterocycles. The van der Waals surface area contributed by atoms with E-state index in [0.717, 1.165) is 32.4 Å². The largest absolute Gasteiger partial charge is 0.342 e. The van der Waals surface area contributed by atoms with E-state index in [1.54, 1.807) is 34.6 Å². The number of thioether (sulfide) groups is 1. The first kappa shape index (κ1) is 23.2. The Morgan fingerprint density at radius 3 is 2.37 bits per heavy atom. The molecule has 35 heavy (non-hydrogen) atoms. The van der Waals surface area contributed by atoms with Gasteiger partial charge in [-0.05, 0) is 50.5 Å². The van der Waals surface area contributed by atoms with Crippen LogP contribution in [0.1, 0.15) is 25.0 Å². The minimum absolute atomic E-state index is 0.0233. The van der Waals surface area contributed by atoms with Gasteiger partial charge in [0.15, 0.2) is 5.16 Å². The maximum atomic E-state index is 13.7. The van der Waals surface area contributed by atoms with Crippen molar-refractivity contribution in [1.82, 2.24) is 23.8 Å². The van der Waals surface area contributed by atoms with Gasteiger partial charge in [-0.15, -0.1) is 0 Å². The highest BCUT2D eigenvalue weighted by Crippen LogP contribution is 2.23. The van der Waals surface area contributed by atoms with E-state index >= 15 is 0 Å². The predicted octanol–water partition coefficient (Wildman–Crippen LogP) is 3.29. The number of benzene rings is 2. The molecule has 1 saturated heterocycles. The summed E-state index contributed by atoms with van der Waals surface area (Å²) in [6.07, 6.45) is 3.17. The van der Waals surface area contributed by atoms with Gasteiger partial charge in [0.2, 0.25) is 5.91 Å². The Morgan fingerprint density at radius 1 is 0.943 bits per heavy atom. The molecule has 8 nitrogen and oxygen atoms in total. The highest BCUT2D eigenvalue weighted by Gasteiger charge is 2.24. The molecule has 0 N–H and O–H groups in total. The van der Waals surface area contributed by atoms with Crippen LogP contribution in [0.25, 0.3) is 22.3 Å². The second kappa shape index (κ2) is 9.58. The lowest BCUT2D eigenvalue weighted by Crippen LogP contribution is -2.37. The van der Waals surface area contributed by atoms with Crippen LogP contribution < -0.4 is 11.1 Å². The fourth-order valence-corrected chi connectivity index (χ4v) is 5.48. The molecule has 1 aliphatic rings. The van der Waals surface area contributed by atoms with E-state index in [-0.39, 0.29) is 28.5 Å². The summed E-state index contributed by atoms with van der Waals surface area (Å²) in [7, 11) is 1.79. The number of para-hydroxylation sites is 2. The summed E-state index contributed by atoms with van der Waals surface area (Å²) in [6, 6.07) is 16.4. The molecule has 5 rings (SSSR count). The van der Waals surface area contributed by atoms with Crippen LogP contribution in [0.15, 0.2) is 69.3 Å². The first-order chi connectivity index (χ1) is 17.0. The van der Waals surface area contributed by atoms with E-state index in [0.29, 0.717) is 27.4 Å². The van der Waals surface area contributed by atoms with Crippen LogP contribution in [0, 0.1) is 6.92 Å². The number of carbonyl (C=O) groups excluding carboxylic acids is 1. The quantitative estimate of drug-likeness (QED) is 0.317. The SMILES string of the molecule is Cc1c(-n2c(SCC(=O)N3CCCCC3)nc3ccccc3c2=O)c(=O)n(-c2ccccc2)n1C. The molecule has 2 aromatic carbocycles. The summed E-state index contributed by atoms with van der Waals surface area (Å²) in [5.74, 6) is 0.180. The third kappa shape index (κ3) is 4.20. The average Bonchev–Trinajstić information content (AvgIpc) is 3.11. The zero-order valence-electron chi connectivity index (χ0n) is 19.8. The highest BCUT2D eigenvalue weighted by molar-refractivity contribution is 7.99. The topological polar surface area (TPSA) is 82.1 Å². The van der Waals surface area contributed by atoms with E-state index in [2.05, 4.69) is 0 Å². The Morgan fingerprint density at radius 2 is 1.63 bits per heavy atom. The third-order valence-corrected chi connectivity index (χ3v) is 7.45. The fraction of sp³-hybridized carbons (Fsp3) is 0.308. The van der Waals surface area contributed by atoms with Crippen molar-refractivity contribution < 1.29 is 4.79 Å². The van der Waals surface area contributed by atoms with E-state index in [1.807, 2.05) is 48.2 Å². The van der Waals surface area contributed by atoms with Gasteiger partial charge in [-0.3, -0.25) is 19.1 Å². The molecular formula is C26H27N5O3S. The van der Waals surface area contributed by atoms with Gasteiger partial charge in [0.25, 0.3) is 11.1 Å². The van der Waals surface area contributed by atoms with Crippen molar-refractivity contribution in [2.24, 2.45) is 7.05 Å². The van der Waals surface area contributed by atoms with Gasteiger partial charge >= 0.3 is 0 Å². The zero-order chi connectivity index (χ0) is 24.5. The van der Waals surface area contributed by atoms with Crippen LogP contribution >= 0.6 is 11.8 Å². The minimum Gasteiger partial charge on any atom is -0.342 e. The number of piperidine rings is 1. The van der Waals surface area contributed by atoms with Gasteiger partial charge in [-0.25, -0.2) is 14.2 Å². The monoisotopic (exact) mass is 489 g/mol. The lowest BCUT2D eigenvalue weighted by Gasteiger charge is -2.26. The Hall–Kier alpha value is -3.59. The normalized spacial score (nSPS) is 13.9. The molecule has 0 bridgehead atoms. The predicted molar refractivity (Wildman–Crippen MR) is 138 cm³/mol. The maximum Gasteiger partial charge on any atom is 0.296 e. The molecule has 0 radical (unpaired) electrons. The molecule has 3 heterocycles. The number of likely N-dealkylation sites (tertiary alicyclic amines) is 1. The number of carbonyl (C=O) groups is 1. The lowest BCUT2D eigenvalue weighted by atomic mass is 10.1. The standard InChI is InChI=1S/C26H27N5O3S/c1-18-23(25(34)31(28(18)2)19-11-5-3-6-12-19)30-24(33)20-13-7-8-14-21(20)27-26(30)35-17-22(32)29-15-9-4-10-16-29/h3,5-8,11-14H,4,9-10,15-17H2,1-2H3. The van der Waals surface area contributed by atoms with Crippen molar-refractivity contribution in [1.29, 1.82) is 0 Å². The molecule has 0 unspecified atom stereocenters. The molecule has 0 saturated carbocycles. The second-order valence-electron chi connectivity index (χ2n) is 8.69. The Kier molecular flexibility index (Phi) is 6.34. The van der Waals surface area contributed by atoms with Crippen LogP contribution in [0.5, 0.6) is 0 Å². The average molecular weight is 490 g/mol. The van der Waals surface area contributed by atoms with Gasteiger partial charge in [-0.1, -0.05) is 42.1 Å². The Bertz CT molecular complexity index is 1510. The van der Waals surface area contributed by atoms with Crippen LogP contribution in [0.2, 0.25) is 0 Å². The number of nitrogens with zero attached hydrogens (tertiary/aromatic N) is 5. The van der Waals surface area contributed by atoms with E-state index in [9.17, 15) is 14.4 Å². The van der Waals surface area contributed by atoms with Crippen LogP contribution in [0.3, 0.4) is 0 Å². The summed E-state index contributed by atoms with van der Waals surface area (Å²) < 4.78 is 4.66. The van der Waals surface area contributed by atoms with Gasteiger partial charge < -0.3 is 4.90 Å². The van der Waals surface area contributed by atoms with Crippen LogP contribution in [-0.2, 0) is 11.8 Å². The third-order valence-electron chi connectivity index (χ3n) is 6.53. The molecule has 0 aliphatic carbocycles. The molecule has 180 valence electrons. The second-order valence-corrected chi connectivity index (χ2v) is 9.63. The van der Waals surface area contributed by atoms with E-state index in [1.165, 1.54) is 16.3 Å². The van der Waals surface area contributed by atoms with Crippen molar-refractivity contribution >= 4 is 28.6 Å². The molecule has 1 amide bonds. The highest BCUT2D eigenvalue weighted by atomic mass is 32.2. The van der Waals surface area contributed by atoms with Crippen molar-refractivity contribution in [3.05, 3.63) is 81.0 Å². The van der Waals surface area contributed by atoms with Gasteiger partial charge in [0, 0.05) is 20.1 Å². The molecule has 0 spiro atoms. The number of aromatic nitrogens is 4. The molecule has 9 heteroatoms. The summed E-state index contributed by atoms with van der Waals surface area (Å²) in [5.41, 5.74) is 1.47. The van der Waals surface area contributed by atoms with Crippen molar-refractivity contribution in [2.45, 2.75) is 31.3 Å². The fourth-order valence-electron chi connectivity index (χ4n) is 4.58. The first-order valence-electron chi connectivity index (χ1n) is 11.7. The maximum absolute atomic E-state index is 13.7. The molecule has 0 atom stereocenters. The smallest absolute Gasteiger partial charge is 0.296 e. The number of hydrogen-bond acceptors (Lipinski definition) is 5. The number of rotatable bonds is 5. The van der Waals surface area contributed by atoms with E-state index in [4.69, 9.17) is 4.98 Å². The lowest BCUT2D eigenvalue weighted by molar-refractivity contribution is -0.129. The Balaban J connectivity index is 1.65. The van der Waals surface area contributed by atoms with Crippen LogP contribution in [0.4, 0.5) is 0 Å². The van der Waals surface area contributed by atoms with Crippen LogP contribution in [-0.4, -0.2) is 48.6 Å². The van der Waals surface area contributed by atoms with Crippen molar-refractivity contribution in [2.75, 3.05) is 18.8 Å². The summed E-state index contributed by atoms with van der Waals surface area (Å²) in [5, 5.41) is 0.762. The molecule has 4 aromatic rings. The minimum atomic E-state index is -0.325. The molecular weight excluding hydrogens is 462 g/mol. The number of amides is 1. The van der Waals surface area contributed by atoms with Crippen molar-refractivity contribution in [3.8, 4) is 11.4 Å². The number of fused-ring (bicyclic) bond motifs is 1. The summed E-state index contributed by atoms with van der Waals surface area (Å²) in [6.45, 7) is 3.33. The molecule has 2 aromatic heterocycles. The Labute approximate surface area is 206 Å². The van der Waals surface area contributed by atoms with Gasteiger partial charge in [-0.2, -0.15) is 0 Å². The summed E-state index contributed by atoms with van der Waals surface area (Å²) in [4.78, 5) is 46.9. The number of hydrogen-bond donors (Lipinski definition) is 0. The zero-order valence-corrected chi connectivity index (χ0v) is 20.6. The van der Waals surface area contributed by atoms with Crippen molar-refractivity contribution in [3.63, 3.8) is 0 Å².